The number of hydrogen-bond acceptors (Lipinski definition) is 4. The van der Waals surface area contributed by atoms with Crippen molar-refractivity contribution in [1.82, 2.24) is 10.2 Å². The monoisotopic (exact) mass is 188 g/mol. The molecule has 1 saturated heterocycles. The minimum Gasteiger partial charge on any atom is -0.394 e. The molecule has 4 nitrogen and oxygen atoms in total. The highest BCUT2D eigenvalue weighted by Gasteiger charge is 2.19. The predicted molar refractivity (Wildman–Crippen MR) is 51.6 cm³/mol. The van der Waals surface area contributed by atoms with Gasteiger partial charge >= 0.3 is 0 Å². The highest BCUT2D eigenvalue weighted by molar-refractivity contribution is 4.76. The van der Waals surface area contributed by atoms with E-state index in [4.69, 9.17) is 5.11 Å². The van der Waals surface area contributed by atoms with E-state index >= 15 is 0 Å². The molecule has 1 aliphatic rings. The summed E-state index contributed by atoms with van der Waals surface area (Å²) >= 11 is 0. The van der Waals surface area contributed by atoms with Gasteiger partial charge in [-0.1, -0.05) is 0 Å². The van der Waals surface area contributed by atoms with E-state index in [9.17, 15) is 5.11 Å². The summed E-state index contributed by atoms with van der Waals surface area (Å²) in [7, 11) is 2.01. The molecule has 1 fully saturated rings. The number of rotatable bonds is 4. The second-order valence-corrected chi connectivity index (χ2v) is 3.76. The standard InChI is InChI=1S/C9H20N2O2/c1-11(6-9(13)7-12)8-2-4-10-5-3-8/h8-10,12-13H,2-7H2,1H3. The number of aliphatic hydroxyl groups is 2. The van der Waals surface area contributed by atoms with Crippen molar-refractivity contribution in [3.05, 3.63) is 0 Å². The maximum atomic E-state index is 9.25. The van der Waals surface area contributed by atoms with Gasteiger partial charge in [0.1, 0.15) is 0 Å². The number of nitrogens with zero attached hydrogens (tertiary/aromatic N) is 1. The molecule has 1 unspecified atom stereocenters. The third-order valence-electron chi connectivity index (χ3n) is 2.64. The molecule has 78 valence electrons. The number of hydrogen-bond donors (Lipinski definition) is 3. The van der Waals surface area contributed by atoms with Crippen molar-refractivity contribution < 1.29 is 10.2 Å². The van der Waals surface area contributed by atoms with Crippen molar-refractivity contribution in [2.75, 3.05) is 33.3 Å². The molecule has 1 atom stereocenters. The van der Waals surface area contributed by atoms with E-state index < -0.39 is 6.10 Å². The van der Waals surface area contributed by atoms with Gasteiger partial charge in [-0.2, -0.15) is 0 Å². The lowest BCUT2D eigenvalue weighted by Gasteiger charge is -2.32. The Morgan fingerprint density at radius 3 is 2.62 bits per heavy atom. The van der Waals surface area contributed by atoms with Crippen LogP contribution in [0.4, 0.5) is 0 Å². The molecule has 0 spiro atoms. The first-order chi connectivity index (χ1) is 6.24. The Morgan fingerprint density at radius 2 is 2.08 bits per heavy atom. The molecule has 4 heteroatoms. The number of likely N-dealkylation sites (N-methyl/N-ethyl adjacent to an activating group) is 1. The van der Waals surface area contributed by atoms with Crippen LogP contribution in [-0.4, -0.2) is 60.5 Å². The molecule has 0 aromatic heterocycles. The maximum Gasteiger partial charge on any atom is 0.0897 e. The van der Waals surface area contributed by atoms with Crippen LogP contribution in [0.1, 0.15) is 12.8 Å². The van der Waals surface area contributed by atoms with Crippen LogP contribution in [0.2, 0.25) is 0 Å². The molecule has 13 heavy (non-hydrogen) atoms. The van der Waals surface area contributed by atoms with Gasteiger partial charge in [-0.05, 0) is 33.0 Å². The number of aliphatic hydroxyl groups excluding tert-OH is 2. The van der Waals surface area contributed by atoms with Crippen LogP contribution >= 0.6 is 0 Å². The van der Waals surface area contributed by atoms with Crippen LogP contribution in [-0.2, 0) is 0 Å². The van der Waals surface area contributed by atoms with Gasteiger partial charge in [0.2, 0.25) is 0 Å². The van der Waals surface area contributed by atoms with Gasteiger partial charge in [-0.15, -0.1) is 0 Å². The van der Waals surface area contributed by atoms with E-state index in [1.165, 1.54) is 0 Å². The fraction of sp³-hybridized carbons (Fsp3) is 1.00. The van der Waals surface area contributed by atoms with Crippen molar-refractivity contribution in [3.8, 4) is 0 Å². The predicted octanol–water partition coefficient (Wildman–Crippen LogP) is -0.977. The lowest BCUT2D eigenvalue weighted by atomic mass is 10.1. The van der Waals surface area contributed by atoms with E-state index in [0.717, 1.165) is 25.9 Å². The van der Waals surface area contributed by atoms with Gasteiger partial charge in [-0.3, -0.25) is 0 Å². The summed E-state index contributed by atoms with van der Waals surface area (Å²) in [6.07, 6.45) is 1.67. The summed E-state index contributed by atoms with van der Waals surface area (Å²) in [6.45, 7) is 2.55. The van der Waals surface area contributed by atoms with Gasteiger partial charge in [-0.25, -0.2) is 0 Å². The summed E-state index contributed by atoms with van der Waals surface area (Å²) in [5.74, 6) is 0. The first-order valence-electron chi connectivity index (χ1n) is 4.94. The second-order valence-electron chi connectivity index (χ2n) is 3.76. The maximum absolute atomic E-state index is 9.25. The number of piperidine rings is 1. The van der Waals surface area contributed by atoms with E-state index in [-0.39, 0.29) is 6.61 Å². The van der Waals surface area contributed by atoms with E-state index in [1.54, 1.807) is 0 Å². The van der Waals surface area contributed by atoms with Crippen molar-refractivity contribution in [3.63, 3.8) is 0 Å². The third kappa shape index (κ3) is 3.60. The minimum atomic E-state index is -0.597. The number of nitrogens with one attached hydrogen (secondary N) is 1. The third-order valence-corrected chi connectivity index (χ3v) is 2.64. The van der Waals surface area contributed by atoms with Crippen molar-refractivity contribution in [2.24, 2.45) is 0 Å². The van der Waals surface area contributed by atoms with E-state index in [0.29, 0.717) is 12.6 Å². The lowest BCUT2D eigenvalue weighted by molar-refractivity contribution is 0.0495. The smallest absolute Gasteiger partial charge is 0.0897 e. The molecule has 3 N–H and O–H groups in total. The summed E-state index contributed by atoms with van der Waals surface area (Å²) in [6, 6.07) is 0.558. The molecule has 1 aliphatic heterocycles. The molecule has 0 aromatic rings. The summed E-state index contributed by atoms with van der Waals surface area (Å²) in [4.78, 5) is 2.14. The molecule has 0 bridgehead atoms. The highest BCUT2D eigenvalue weighted by atomic mass is 16.3. The molecular formula is C9H20N2O2. The topological polar surface area (TPSA) is 55.7 Å². The first kappa shape index (κ1) is 10.9. The van der Waals surface area contributed by atoms with Crippen LogP contribution in [0, 0.1) is 0 Å². The molecule has 0 radical (unpaired) electrons. The SMILES string of the molecule is CN(CC(O)CO)C1CCNCC1. The van der Waals surface area contributed by atoms with Gasteiger partial charge in [0, 0.05) is 12.6 Å². The molecule has 0 amide bonds. The largest absolute Gasteiger partial charge is 0.394 e. The van der Waals surface area contributed by atoms with Crippen LogP contribution in [0.3, 0.4) is 0 Å². The zero-order valence-electron chi connectivity index (χ0n) is 8.24. The minimum absolute atomic E-state index is 0.144. The molecule has 0 aromatic carbocycles. The lowest BCUT2D eigenvalue weighted by Crippen LogP contribution is -2.44. The van der Waals surface area contributed by atoms with E-state index in [2.05, 4.69) is 10.2 Å². The van der Waals surface area contributed by atoms with Crippen LogP contribution in [0.15, 0.2) is 0 Å². The zero-order valence-corrected chi connectivity index (χ0v) is 8.24. The Balaban J connectivity index is 2.24. The molecule has 0 aliphatic carbocycles. The summed E-state index contributed by atoms with van der Waals surface area (Å²) in [5, 5.41) is 21.2. The van der Waals surface area contributed by atoms with Gasteiger partial charge in [0.05, 0.1) is 12.7 Å². The fourth-order valence-electron chi connectivity index (χ4n) is 1.79. The summed E-state index contributed by atoms with van der Waals surface area (Å²) < 4.78 is 0. The Morgan fingerprint density at radius 1 is 1.46 bits per heavy atom. The first-order valence-corrected chi connectivity index (χ1v) is 4.94. The Bertz CT molecular complexity index is 138. The Kier molecular flexibility index (Phi) is 4.66. The molecular weight excluding hydrogens is 168 g/mol. The average Bonchev–Trinajstić information content (AvgIpc) is 2.19. The van der Waals surface area contributed by atoms with Crippen LogP contribution in [0.5, 0.6) is 0 Å². The van der Waals surface area contributed by atoms with Crippen molar-refractivity contribution in [2.45, 2.75) is 25.0 Å². The Labute approximate surface area is 79.6 Å². The van der Waals surface area contributed by atoms with Crippen LogP contribution in [0.25, 0.3) is 0 Å². The fourth-order valence-corrected chi connectivity index (χ4v) is 1.79. The summed E-state index contributed by atoms with van der Waals surface area (Å²) in [5.41, 5.74) is 0. The Hall–Kier alpha value is -0.160. The molecule has 0 saturated carbocycles. The van der Waals surface area contributed by atoms with Crippen molar-refractivity contribution in [1.29, 1.82) is 0 Å². The normalized spacial score (nSPS) is 22.2. The average molecular weight is 188 g/mol. The molecule has 1 rings (SSSR count). The quantitative estimate of drug-likeness (QED) is 0.531. The molecule has 1 heterocycles. The van der Waals surface area contributed by atoms with Crippen LogP contribution < -0.4 is 5.32 Å². The second kappa shape index (κ2) is 5.54. The van der Waals surface area contributed by atoms with E-state index in [1.807, 2.05) is 7.05 Å². The van der Waals surface area contributed by atoms with Gasteiger partial charge in [0.15, 0.2) is 0 Å². The zero-order chi connectivity index (χ0) is 9.68. The van der Waals surface area contributed by atoms with Gasteiger partial charge in [0.25, 0.3) is 0 Å². The highest BCUT2D eigenvalue weighted by Crippen LogP contribution is 2.09. The van der Waals surface area contributed by atoms with Gasteiger partial charge < -0.3 is 20.4 Å². The van der Waals surface area contributed by atoms with Crippen molar-refractivity contribution >= 4 is 0 Å².